The Labute approximate surface area is 116 Å². The zero-order valence-corrected chi connectivity index (χ0v) is 12.3. The van der Waals surface area contributed by atoms with Crippen LogP contribution in [0.3, 0.4) is 0 Å². The van der Waals surface area contributed by atoms with Gasteiger partial charge in [-0.05, 0) is 13.3 Å². The number of esters is 2. The van der Waals surface area contributed by atoms with E-state index in [0.717, 1.165) is 19.3 Å². The number of hydrogen-bond acceptors (Lipinski definition) is 4. The number of rotatable bonds is 11. The topological polar surface area (TPSA) is 63.6 Å². The molecule has 0 saturated heterocycles. The van der Waals surface area contributed by atoms with Crippen LogP contribution in [-0.2, 0) is 14.3 Å². The number of aliphatic hydroxyl groups is 1. The number of unbranched alkanes of at least 4 members (excludes halogenated alkanes) is 8. The van der Waals surface area contributed by atoms with Gasteiger partial charge in [-0.15, -0.1) is 0 Å². The van der Waals surface area contributed by atoms with Crippen molar-refractivity contribution in [2.24, 2.45) is 0 Å². The van der Waals surface area contributed by atoms with E-state index < -0.39 is 18.0 Å². The van der Waals surface area contributed by atoms with Gasteiger partial charge < -0.3 is 9.84 Å². The first-order chi connectivity index (χ1) is 9.07. The van der Waals surface area contributed by atoms with Crippen molar-refractivity contribution in [3.63, 3.8) is 0 Å². The van der Waals surface area contributed by atoms with Crippen molar-refractivity contribution in [2.45, 2.75) is 84.2 Å². The van der Waals surface area contributed by atoms with Crippen molar-refractivity contribution < 1.29 is 19.4 Å². The van der Waals surface area contributed by atoms with Gasteiger partial charge in [0.15, 0.2) is 0 Å². The smallest absolute Gasteiger partial charge is 0.342 e. The molecule has 0 amide bonds. The lowest BCUT2D eigenvalue weighted by Crippen LogP contribution is -2.22. The number of aliphatic hydroxyl groups excluding tert-OH is 1. The molecule has 0 aromatic heterocycles. The molecule has 0 aromatic rings. The molecule has 0 aromatic carbocycles. The molecule has 0 bridgehead atoms. The minimum atomic E-state index is -1.23. The van der Waals surface area contributed by atoms with E-state index in [-0.39, 0.29) is 6.42 Å². The van der Waals surface area contributed by atoms with Gasteiger partial charge in [0, 0.05) is 6.42 Å². The van der Waals surface area contributed by atoms with Crippen LogP contribution in [0.1, 0.15) is 78.1 Å². The standard InChI is InChI=1S/C15H28O4/c1-3-4-5-6-7-8-9-10-11-12-14(17)19-15(18)13(2)16/h13,16H,3-12H2,1-2H3. The summed E-state index contributed by atoms with van der Waals surface area (Å²) >= 11 is 0. The third-order valence-electron chi connectivity index (χ3n) is 3.04. The summed E-state index contributed by atoms with van der Waals surface area (Å²) in [6, 6.07) is 0. The molecule has 1 atom stereocenters. The highest BCUT2D eigenvalue weighted by molar-refractivity contribution is 5.87. The lowest BCUT2D eigenvalue weighted by atomic mass is 10.1. The third kappa shape index (κ3) is 11.9. The van der Waals surface area contributed by atoms with Crippen LogP contribution in [-0.4, -0.2) is 23.1 Å². The second kappa shape index (κ2) is 12.2. The second-order valence-corrected chi connectivity index (χ2v) is 5.05. The molecule has 0 fully saturated rings. The fourth-order valence-electron chi connectivity index (χ4n) is 1.83. The van der Waals surface area contributed by atoms with Crippen molar-refractivity contribution in [3.05, 3.63) is 0 Å². The Bertz CT molecular complexity index is 249. The molecular formula is C15H28O4. The first-order valence-corrected chi connectivity index (χ1v) is 7.50. The summed E-state index contributed by atoms with van der Waals surface area (Å²) in [4.78, 5) is 22.1. The van der Waals surface area contributed by atoms with E-state index in [4.69, 9.17) is 5.11 Å². The fourth-order valence-corrected chi connectivity index (χ4v) is 1.83. The molecule has 0 aliphatic rings. The van der Waals surface area contributed by atoms with Crippen molar-refractivity contribution in [1.29, 1.82) is 0 Å². The summed E-state index contributed by atoms with van der Waals surface area (Å²) in [5.74, 6) is -1.39. The minimum Gasteiger partial charge on any atom is -0.391 e. The average molecular weight is 272 g/mol. The van der Waals surface area contributed by atoms with Gasteiger partial charge in [-0.3, -0.25) is 4.79 Å². The van der Waals surface area contributed by atoms with Crippen LogP contribution in [0.25, 0.3) is 0 Å². The molecule has 0 aliphatic heterocycles. The Kier molecular flexibility index (Phi) is 11.6. The zero-order chi connectivity index (χ0) is 14.5. The van der Waals surface area contributed by atoms with Crippen molar-refractivity contribution in [3.8, 4) is 0 Å². The van der Waals surface area contributed by atoms with E-state index in [0.29, 0.717) is 0 Å². The van der Waals surface area contributed by atoms with Gasteiger partial charge in [-0.25, -0.2) is 4.79 Å². The average Bonchev–Trinajstić information content (AvgIpc) is 2.36. The van der Waals surface area contributed by atoms with Crippen LogP contribution in [0.15, 0.2) is 0 Å². The summed E-state index contributed by atoms with van der Waals surface area (Å²) in [6.07, 6.45) is 9.60. The first-order valence-electron chi connectivity index (χ1n) is 7.50. The minimum absolute atomic E-state index is 0.258. The van der Waals surface area contributed by atoms with Crippen LogP contribution in [0.4, 0.5) is 0 Å². The van der Waals surface area contributed by atoms with E-state index in [1.165, 1.54) is 45.4 Å². The predicted molar refractivity (Wildman–Crippen MR) is 74.6 cm³/mol. The van der Waals surface area contributed by atoms with Gasteiger partial charge in [0.2, 0.25) is 0 Å². The number of carbonyl (C=O) groups excluding carboxylic acids is 2. The highest BCUT2D eigenvalue weighted by Crippen LogP contribution is 2.10. The van der Waals surface area contributed by atoms with Gasteiger partial charge in [0.05, 0.1) is 0 Å². The molecule has 112 valence electrons. The molecule has 0 heterocycles. The largest absolute Gasteiger partial charge is 0.391 e. The van der Waals surface area contributed by atoms with Crippen molar-refractivity contribution >= 4 is 11.9 Å². The van der Waals surface area contributed by atoms with Crippen LogP contribution in [0, 0.1) is 0 Å². The SMILES string of the molecule is CCCCCCCCCCCC(=O)OC(=O)C(C)O. The predicted octanol–water partition coefficient (Wildman–Crippen LogP) is 3.36. The molecular weight excluding hydrogens is 244 g/mol. The molecule has 1 N–H and O–H groups in total. The Morgan fingerprint density at radius 1 is 0.947 bits per heavy atom. The maximum atomic E-state index is 11.2. The molecule has 0 spiro atoms. The van der Waals surface area contributed by atoms with Gasteiger partial charge >= 0.3 is 11.9 Å². The Hall–Kier alpha value is -0.900. The highest BCUT2D eigenvalue weighted by atomic mass is 16.6. The molecule has 0 radical (unpaired) electrons. The summed E-state index contributed by atoms with van der Waals surface area (Å²) in [5, 5.41) is 8.87. The summed E-state index contributed by atoms with van der Waals surface area (Å²) < 4.78 is 4.46. The van der Waals surface area contributed by atoms with Crippen LogP contribution in [0.2, 0.25) is 0 Å². The lowest BCUT2D eigenvalue weighted by Gasteiger charge is -2.04. The van der Waals surface area contributed by atoms with Crippen molar-refractivity contribution in [1.82, 2.24) is 0 Å². The Balaban J connectivity index is 3.30. The Morgan fingerprint density at radius 2 is 1.42 bits per heavy atom. The summed E-state index contributed by atoms with van der Waals surface area (Å²) in [7, 11) is 0. The van der Waals surface area contributed by atoms with E-state index in [2.05, 4.69) is 11.7 Å². The molecule has 1 unspecified atom stereocenters. The third-order valence-corrected chi connectivity index (χ3v) is 3.04. The van der Waals surface area contributed by atoms with Crippen LogP contribution < -0.4 is 0 Å². The highest BCUT2D eigenvalue weighted by Gasteiger charge is 2.14. The zero-order valence-electron chi connectivity index (χ0n) is 12.3. The first kappa shape index (κ1) is 18.1. The number of hydrogen-bond donors (Lipinski definition) is 1. The number of ether oxygens (including phenoxy) is 1. The monoisotopic (exact) mass is 272 g/mol. The number of carbonyl (C=O) groups is 2. The van der Waals surface area contributed by atoms with Crippen LogP contribution in [0.5, 0.6) is 0 Å². The Morgan fingerprint density at radius 3 is 1.89 bits per heavy atom. The molecule has 0 aliphatic carbocycles. The summed E-state index contributed by atoms with van der Waals surface area (Å²) in [5.41, 5.74) is 0. The van der Waals surface area contributed by atoms with E-state index in [9.17, 15) is 9.59 Å². The molecule has 4 heteroatoms. The normalized spacial score (nSPS) is 12.2. The van der Waals surface area contributed by atoms with E-state index >= 15 is 0 Å². The van der Waals surface area contributed by atoms with Gasteiger partial charge in [-0.2, -0.15) is 0 Å². The molecule has 0 rings (SSSR count). The molecule has 19 heavy (non-hydrogen) atoms. The van der Waals surface area contributed by atoms with Crippen molar-refractivity contribution in [2.75, 3.05) is 0 Å². The van der Waals surface area contributed by atoms with E-state index in [1.54, 1.807) is 0 Å². The quantitative estimate of drug-likeness (QED) is 0.356. The second-order valence-electron chi connectivity index (χ2n) is 5.05. The fraction of sp³-hybridized carbons (Fsp3) is 0.867. The maximum absolute atomic E-state index is 11.2. The molecule has 4 nitrogen and oxygen atoms in total. The van der Waals surface area contributed by atoms with E-state index in [1.807, 2.05) is 0 Å². The van der Waals surface area contributed by atoms with Gasteiger partial charge in [0.25, 0.3) is 0 Å². The maximum Gasteiger partial charge on any atom is 0.342 e. The van der Waals surface area contributed by atoms with Crippen LogP contribution >= 0.6 is 0 Å². The molecule has 0 saturated carbocycles. The van der Waals surface area contributed by atoms with Gasteiger partial charge in [-0.1, -0.05) is 58.3 Å². The lowest BCUT2D eigenvalue weighted by molar-refractivity contribution is -0.165. The van der Waals surface area contributed by atoms with Gasteiger partial charge in [0.1, 0.15) is 6.10 Å². The summed E-state index contributed by atoms with van der Waals surface area (Å²) in [6.45, 7) is 3.50.